The first-order chi connectivity index (χ1) is 17.2. The first-order valence-corrected chi connectivity index (χ1v) is 11.4. The number of amides is 1. The summed E-state index contributed by atoms with van der Waals surface area (Å²) < 4.78 is 12.9. The van der Waals surface area contributed by atoms with Gasteiger partial charge in [0.05, 0.1) is 18.5 Å². The third-order valence-electron chi connectivity index (χ3n) is 5.81. The molecule has 0 radical (unpaired) electrons. The van der Waals surface area contributed by atoms with E-state index in [0.717, 1.165) is 39.5 Å². The van der Waals surface area contributed by atoms with Crippen molar-refractivity contribution in [3.63, 3.8) is 0 Å². The summed E-state index contributed by atoms with van der Waals surface area (Å²) in [5.41, 5.74) is 5.19. The van der Waals surface area contributed by atoms with Crippen LogP contribution in [0.4, 0.5) is 4.79 Å². The van der Waals surface area contributed by atoms with Gasteiger partial charge in [0.1, 0.15) is 24.0 Å². The van der Waals surface area contributed by atoms with Gasteiger partial charge in [-0.25, -0.2) is 9.78 Å². The maximum atomic E-state index is 13.0. The van der Waals surface area contributed by atoms with Crippen LogP contribution in [0, 0.1) is 0 Å². The maximum absolute atomic E-state index is 13.0. The van der Waals surface area contributed by atoms with Crippen molar-refractivity contribution in [1.29, 1.82) is 0 Å². The fourth-order valence-corrected chi connectivity index (χ4v) is 4.09. The molecule has 174 valence electrons. The summed E-state index contributed by atoms with van der Waals surface area (Å²) in [6.07, 6.45) is 1.44. The Morgan fingerprint density at radius 3 is 2.29 bits per heavy atom. The molecule has 0 saturated carbocycles. The highest BCUT2D eigenvalue weighted by Crippen LogP contribution is 2.33. The number of benzene rings is 3. The summed E-state index contributed by atoms with van der Waals surface area (Å²) in [4.78, 5) is 17.9. The number of fused-ring (bicyclic) bond motifs is 1. The quantitative estimate of drug-likeness (QED) is 0.320. The van der Waals surface area contributed by atoms with Gasteiger partial charge in [0.2, 0.25) is 0 Å². The van der Waals surface area contributed by atoms with E-state index < -0.39 is 12.1 Å². The van der Waals surface area contributed by atoms with E-state index in [2.05, 4.69) is 5.32 Å². The molecule has 0 aliphatic carbocycles. The van der Waals surface area contributed by atoms with Gasteiger partial charge < -0.3 is 19.2 Å². The number of carbonyl (C=O) groups is 1. The Labute approximate surface area is 203 Å². The summed E-state index contributed by atoms with van der Waals surface area (Å²) in [5.74, 6) is 0.737. The predicted molar refractivity (Wildman–Crippen MR) is 135 cm³/mol. The SMILES string of the molecule is COc1ccc(C(NC(=O)OCc2ccccc2)c2c(-c3ccccc3)nc3ccccn23)cc1. The highest BCUT2D eigenvalue weighted by molar-refractivity contribution is 5.72. The van der Waals surface area contributed by atoms with Crippen molar-refractivity contribution in [1.82, 2.24) is 14.7 Å². The standard InChI is InChI=1S/C29H25N3O3/c1-34-24-17-15-23(16-18-24)27(31-29(33)35-20-21-10-4-2-5-11-21)28-26(22-12-6-3-7-13-22)30-25-14-8-9-19-32(25)28/h2-19,27H,20H2,1H3,(H,31,33). The van der Waals surface area contributed by atoms with Crippen LogP contribution in [0.3, 0.4) is 0 Å². The fourth-order valence-electron chi connectivity index (χ4n) is 4.09. The monoisotopic (exact) mass is 463 g/mol. The number of hydrogen-bond donors (Lipinski definition) is 1. The molecule has 5 aromatic rings. The van der Waals surface area contributed by atoms with Crippen molar-refractivity contribution in [3.05, 3.63) is 126 Å². The third kappa shape index (κ3) is 4.87. The van der Waals surface area contributed by atoms with Crippen LogP contribution in [-0.4, -0.2) is 22.6 Å². The van der Waals surface area contributed by atoms with Crippen LogP contribution in [0.5, 0.6) is 5.75 Å². The number of hydrogen-bond acceptors (Lipinski definition) is 4. The van der Waals surface area contributed by atoms with E-state index in [9.17, 15) is 4.79 Å². The molecule has 2 aromatic heterocycles. The van der Waals surface area contributed by atoms with Gasteiger partial charge >= 0.3 is 6.09 Å². The molecule has 0 aliphatic heterocycles. The van der Waals surface area contributed by atoms with Crippen molar-refractivity contribution < 1.29 is 14.3 Å². The summed E-state index contributed by atoms with van der Waals surface area (Å²) >= 11 is 0. The van der Waals surface area contributed by atoms with Crippen LogP contribution in [0.25, 0.3) is 16.9 Å². The number of aromatic nitrogens is 2. The number of methoxy groups -OCH3 is 1. The summed E-state index contributed by atoms with van der Waals surface area (Å²) in [5, 5.41) is 3.08. The minimum atomic E-state index is -0.517. The molecule has 5 rings (SSSR count). The van der Waals surface area contributed by atoms with Gasteiger partial charge in [-0.1, -0.05) is 78.9 Å². The lowest BCUT2D eigenvalue weighted by Crippen LogP contribution is -2.31. The number of carbonyl (C=O) groups excluding carboxylic acids is 1. The zero-order chi connectivity index (χ0) is 24.0. The second-order valence-electron chi connectivity index (χ2n) is 8.05. The molecule has 1 atom stereocenters. The van der Waals surface area contributed by atoms with Crippen LogP contribution in [-0.2, 0) is 11.3 Å². The number of ether oxygens (including phenoxy) is 2. The second kappa shape index (κ2) is 10.1. The van der Waals surface area contributed by atoms with Crippen LogP contribution in [0.15, 0.2) is 109 Å². The number of imidazole rings is 1. The minimum absolute atomic E-state index is 0.181. The molecule has 0 saturated heterocycles. The van der Waals surface area contributed by atoms with Crippen LogP contribution in [0.2, 0.25) is 0 Å². The third-order valence-corrected chi connectivity index (χ3v) is 5.81. The number of pyridine rings is 1. The van der Waals surface area contributed by atoms with Crippen LogP contribution < -0.4 is 10.1 Å². The number of nitrogens with zero attached hydrogens (tertiary/aromatic N) is 2. The maximum Gasteiger partial charge on any atom is 0.408 e. The van der Waals surface area contributed by atoms with Crippen molar-refractivity contribution >= 4 is 11.7 Å². The zero-order valence-electron chi connectivity index (χ0n) is 19.3. The van der Waals surface area contributed by atoms with E-state index in [-0.39, 0.29) is 6.61 Å². The molecule has 2 heterocycles. The van der Waals surface area contributed by atoms with E-state index in [0.29, 0.717) is 0 Å². The Balaban J connectivity index is 1.57. The van der Waals surface area contributed by atoms with Gasteiger partial charge in [0.25, 0.3) is 0 Å². The van der Waals surface area contributed by atoms with Crippen molar-refractivity contribution in [2.45, 2.75) is 12.6 Å². The number of alkyl carbamates (subject to hydrolysis) is 1. The lowest BCUT2D eigenvalue weighted by Gasteiger charge is -2.21. The summed E-state index contributed by atoms with van der Waals surface area (Å²) in [6, 6.07) is 32.6. The van der Waals surface area contributed by atoms with Gasteiger partial charge in [-0.2, -0.15) is 0 Å². The predicted octanol–water partition coefficient (Wildman–Crippen LogP) is 6.03. The first kappa shape index (κ1) is 22.2. The van der Waals surface area contributed by atoms with Gasteiger partial charge in [0.15, 0.2) is 0 Å². The molecule has 0 bridgehead atoms. The van der Waals surface area contributed by atoms with Gasteiger partial charge in [0, 0.05) is 11.8 Å². The fraction of sp³-hybridized carbons (Fsp3) is 0.103. The molecule has 1 N–H and O–H groups in total. The van der Waals surface area contributed by atoms with Gasteiger partial charge in [-0.05, 0) is 35.4 Å². The average molecular weight is 464 g/mol. The van der Waals surface area contributed by atoms with Gasteiger partial charge in [-0.15, -0.1) is 0 Å². The molecule has 0 spiro atoms. The first-order valence-electron chi connectivity index (χ1n) is 11.4. The van der Waals surface area contributed by atoms with E-state index in [1.54, 1.807) is 7.11 Å². The molecule has 0 fully saturated rings. The molecular formula is C29H25N3O3. The topological polar surface area (TPSA) is 64.9 Å². The highest BCUT2D eigenvalue weighted by Gasteiger charge is 2.26. The Morgan fingerprint density at radius 2 is 1.57 bits per heavy atom. The largest absolute Gasteiger partial charge is 0.497 e. The van der Waals surface area contributed by atoms with Gasteiger partial charge in [-0.3, -0.25) is 0 Å². The Bertz CT molecular complexity index is 1410. The molecule has 6 heteroatoms. The molecule has 6 nitrogen and oxygen atoms in total. The molecule has 3 aromatic carbocycles. The molecular weight excluding hydrogens is 438 g/mol. The summed E-state index contributed by atoms with van der Waals surface area (Å²) in [7, 11) is 1.63. The van der Waals surface area contributed by atoms with Crippen molar-refractivity contribution in [2.24, 2.45) is 0 Å². The van der Waals surface area contributed by atoms with Crippen molar-refractivity contribution in [3.8, 4) is 17.0 Å². The Morgan fingerprint density at radius 1 is 0.886 bits per heavy atom. The number of nitrogens with one attached hydrogen (secondary N) is 1. The molecule has 0 aliphatic rings. The normalized spacial score (nSPS) is 11.7. The molecule has 1 unspecified atom stereocenters. The van der Waals surface area contributed by atoms with E-state index in [1.807, 2.05) is 114 Å². The minimum Gasteiger partial charge on any atom is -0.497 e. The zero-order valence-corrected chi connectivity index (χ0v) is 19.3. The van der Waals surface area contributed by atoms with E-state index in [1.165, 1.54) is 0 Å². The molecule has 1 amide bonds. The number of rotatable bonds is 7. The summed E-state index contributed by atoms with van der Waals surface area (Å²) in [6.45, 7) is 0.181. The van der Waals surface area contributed by atoms with E-state index in [4.69, 9.17) is 14.5 Å². The smallest absolute Gasteiger partial charge is 0.408 e. The highest BCUT2D eigenvalue weighted by atomic mass is 16.5. The average Bonchev–Trinajstić information content (AvgIpc) is 3.31. The lowest BCUT2D eigenvalue weighted by atomic mass is 9.99. The molecule has 35 heavy (non-hydrogen) atoms. The van der Waals surface area contributed by atoms with E-state index >= 15 is 0 Å². The Kier molecular flexibility index (Phi) is 6.44. The Hall–Kier alpha value is -4.58. The van der Waals surface area contributed by atoms with Crippen molar-refractivity contribution in [2.75, 3.05) is 7.11 Å². The van der Waals surface area contributed by atoms with Crippen LogP contribution in [0.1, 0.15) is 22.9 Å². The second-order valence-corrected chi connectivity index (χ2v) is 8.05. The lowest BCUT2D eigenvalue weighted by molar-refractivity contribution is 0.137. The van der Waals surface area contributed by atoms with Crippen LogP contribution >= 0.6 is 0 Å².